The van der Waals surface area contributed by atoms with Gasteiger partial charge >= 0.3 is 6.18 Å². The highest BCUT2D eigenvalue weighted by Crippen LogP contribution is 2.36. The van der Waals surface area contributed by atoms with Crippen molar-refractivity contribution in [2.24, 2.45) is 0 Å². The van der Waals surface area contributed by atoms with Crippen molar-refractivity contribution in [3.63, 3.8) is 0 Å². The molecule has 1 amide bonds. The Morgan fingerprint density at radius 3 is 2.43 bits per heavy atom. The molecule has 0 aliphatic carbocycles. The molecule has 0 bridgehead atoms. The summed E-state index contributed by atoms with van der Waals surface area (Å²) >= 11 is 0. The van der Waals surface area contributed by atoms with Gasteiger partial charge in [-0.05, 0) is 30.0 Å². The first-order valence-corrected chi connectivity index (χ1v) is 7.33. The Kier molecular flexibility index (Phi) is 6.60. The third-order valence-electron chi connectivity index (χ3n) is 3.46. The number of halogens is 3. The van der Waals surface area contributed by atoms with E-state index in [2.05, 4.69) is 10.6 Å². The first kappa shape index (κ1) is 19.0. The monoisotopic (exact) mass is 330 g/mol. The zero-order valence-corrected chi connectivity index (χ0v) is 13.3. The number of nitrogens with one attached hydrogen (secondary N) is 2. The molecule has 1 aromatic rings. The second kappa shape index (κ2) is 7.99. The van der Waals surface area contributed by atoms with Gasteiger partial charge in [-0.25, -0.2) is 0 Å². The number of aldehydes is 1. The lowest BCUT2D eigenvalue weighted by Gasteiger charge is -2.21. The van der Waals surface area contributed by atoms with Gasteiger partial charge < -0.3 is 15.4 Å². The molecule has 2 N–H and O–H groups in total. The van der Waals surface area contributed by atoms with Crippen molar-refractivity contribution in [3.8, 4) is 0 Å². The zero-order valence-electron chi connectivity index (χ0n) is 13.3. The molecule has 0 saturated heterocycles. The number of alkyl halides is 3. The predicted molar refractivity (Wildman–Crippen MR) is 82.3 cm³/mol. The lowest BCUT2D eigenvalue weighted by Crippen LogP contribution is -2.37. The molecule has 128 valence electrons. The van der Waals surface area contributed by atoms with Gasteiger partial charge in [0.2, 0.25) is 5.91 Å². The highest BCUT2D eigenvalue weighted by Gasteiger charge is 2.34. The van der Waals surface area contributed by atoms with Gasteiger partial charge in [-0.1, -0.05) is 19.9 Å². The SMILES string of the molecule is CNC(=O)C(CCC=O)Nc1ccc(C(C)C)c(C(F)(F)F)c1. The lowest BCUT2D eigenvalue weighted by atomic mass is 9.96. The van der Waals surface area contributed by atoms with Crippen LogP contribution in [0.2, 0.25) is 0 Å². The Hall–Kier alpha value is -2.05. The Bertz CT molecular complexity index is 557. The fraction of sp³-hybridized carbons (Fsp3) is 0.500. The summed E-state index contributed by atoms with van der Waals surface area (Å²) in [6.45, 7) is 3.38. The molecule has 0 radical (unpaired) electrons. The molecule has 0 aliphatic rings. The van der Waals surface area contributed by atoms with E-state index in [-0.39, 0.29) is 35.9 Å². The zero-order chi connectivity index (χ0) is 17.6. The van der Waals surface area contributed by atoms with Crippen molar-refractivity contribution >= 4 is 17.9 Å². The minimum atomic E-state index is -4.47. The van der Waals surface area contributed by atoms with Crippen LogP contribution in [0.25, 0.3) is 0 Å². The maximum atomic E-state index is 13.2. The standard InChI is InChI=1S/C16H21F3N2O2/c1-10(2)12-7-6-11(9-13(12)16(17,18)19)21-14(5-4-8-22)15(23)20-3/h6-10,14,21H,4-5H2,1-3H3,(H,20,23). The molecule has 1 atom stereocenters. The van der Waals surface area contributed by atoms with Crippen LogP contribution < -0.4 is 10.6 Å². The summed E-state index contributed by atoms with van der Waals surface area (Å²) in [5, 5.41) is 5.20. The molecule has 1 aromatic carbocycles. The van der Waals surface area contributed by atoms with E-state index in [1.807, 2.05) is 0 Å². The summed E-state index contributed by atoms with van der Waals surface area (Å²) in [6.07, 6.45) is -3.46. The van der Waals surface area contributed by atoms with Crippen LogP contribution in [0.1, 0.15) is 43.7 Å². The average molecular weight is 330 g/mol. The summed E-state index contributed by atoms with van der Waals surface area (Å²) in [4.78, 5) is 22.2. The Morgan fingerprint density at radius 2 is 1.96 bits per heavy atom. The van der Waals surface area contributed by atoms with Crippen molar-refractivity contribution in [1.82, 2.24) is 5.32 Å². The van der Waals surface area contributed by atoms with Gasteiger partial charge in [0.25, 0.3) is 0 Å². The van der Waals surface area contributed by atoms with Crippen LogP contribution in [0.15, 0.2) is 18.2 Å². The Morgan fingerprint density at radius 1 is 1.30 bits per heavy atom. The molecule has 0 aromatic heterocycles. The van der Waals surface area contributed by atoms with Gasteiger partial charge in [0.15, 0.2) is 0 Å². The second-order valence-corrected chi connectivity index (χ2v) is 5.51. The van der Waals surface area contributed by atoms with Gasteiger partial charge in [-0.3, -0.25) is 4.79 Å². The Labute approximate surface area is 133 Å². The number of hydrogen-bond donors (Lipinski definition) is 2. The molecule has 1 rings (SSSR count). The molecule has 7 heteroatoms. The number of carbonyl (C=O) groups excluding carboxylic acids is 2. The van der Waals surface area contributed by atoms with E-state index in [0.29, 0.717) is 6.29 Å². The van der Waals surface area contributed by atoms with Gasteiger partial charge in [0, 0.05) is 19.2 Å². The first-order chi connectivity index (χ1) is 10.7. The Balaban J connectivity index is 3.12. The van der Waals surface area contributed by atoms with Crippen LogP contribution in [-0.2, 0) is 15.8 Å². The number of amides is 1. The third kappa shape index (κ3) is 5.26. The lowest BCUT2D eigenvalue weighted by molar-refractivity contribution is -0.138. The summed E-state index contributed by atoms with van der Waals surface area (Å²) in [7, 11) is 1.43. The van der Waals surface area contributed by atoms with E-state index in [1.165, 1.54) is 19.2 Å². The summed E-state index contributed by atoms with van der Waals surface area (Å²) in [5.41, 5.74) is -0.322. The molecule has 0 heterocycles. The highest BCUT2D eigenvalue weighted by atomic mass is 19.4. The van der Waals surface area contributed by atoms with Crippen LogP contribution in [0.4, 0.5) is 18.9 Å². The molecule has 4 nitrogen and oxygen atoms in total. The minimum Gasteiger partial charge on any atom is -0.374 e. The maximum absolute atomic E-state index is 13.2. The van der Waals surface area contributed by atoms with E-state index in [1.54, 1.807) is 13.8 Å². The number of rotatable bonds is 7. The van der Waals surface area contributed by atoms with Crippen molar-refractivity contribution in [2.45, 2.75) is 44.8 Å². The number of benzene rings is 1. The van der Waals surface area contributed by atoms with E-state index in [9.17, 15) is 22.8 Å². The molecule has 0 spiro atoms. The van der Waals surface area contributed by atoms with Crippen molar-refractivity contribution in [2.75, 3.05) is 12.4 Å². The first-order valence-electron chi connectivity index (χ1n) is 7.33. The van der Waals surface area contributed by atoms with E-state index in [0.717, 1.165) is 6.07 Å². The average Bonchev–Trinajstić information content (AvgIpc) is 2.49. The van der Waals surface area contributed by atoms with Crippen molar-refractivity contribution in [3.05, 3.63) is 29.3 Å². The fourth-order valence-electron chi connectivity index (χ4n) is 2.27. The molecular formula is C16H21F3N2O2. The van der Waals surface area contributed by atoms with E-state index in [4.69, 9.17) is 0 Å². The molecular weight excluding hydrogens is 309 g/mol. The number of anilines is 1. The topological polar surface area (TPSA) is 58.2 Å². The van der Waals surface area contributed by atoms with Gasteiger partial charge in [0.05, 0.1) is 5.56 Å². The van der Waals surface area contributed by atoms with E-state index < -0.39 is 17.8 Å². The molecule has 0 saturated carbocycles. The second-order valence-electron chi connectivity index (χ2n) is 5.51. The predicted octanol–water partition coefficient (Wildman–Crippen LogP) is 3.33. The minimum absolute atomic E-state index is 0.140. The summed E-state index contributed by atoms with van der Waals surface area (Å²) in [6, 6.07) is 3.17. The van der Waals surface area contributed by atoms with Gasteiger partial charge in [-0.15, -0.1) is 0 Å². The summed E-state index contributed by atoms with van der Waals surface area (Å²) < 4.78 is 39.6. The normalized spacial score (nSPS) is 12.8. The largest absolute Gasteiger partial charge is 0.416 e. The van der Waals surface area contributed by atoms with Crippen LogP contribution in [-0.4, -0.2) is 25.3 Å². The number of carbonyl (C=O) groups is 2. The quantitative estimate of drug-likeness (QED) is 0.754. The fourth-order valence-corrected chi connectivity index (χ4v) is 2.27. The van der Waals surface area contributed by atoms with E-state index >= 15 is 0 Å². The van der Waals surface area contributed by atoms with Crippen molar-refractivity contribution < 1.29 is 22.8 Å². The highest BCUT2D eigenvalue weighted by molar-refractivity contribution is 5.84. The van der Waals surface area contributed by atoms with Gasteiger partial charge in [0.1, 0.15) is 12.3 Å². The maximum Gasteiger partial charge on any atom is 0.416 e. The number of likely N-dealkylation sites (N-methyl/N-ethyl adjacent to an activating group) is 1. The molecule has 1 unspecified atom stereocenters. The molecule has 0 fully saturated rings. The van der Waals surface area contributed by atoms with Crippen LogP contribution in [0, 0.1) is 0 Å². The van der Waals surface area contributed by atoms with Gasteiger partial charge in [-0.2, -0.15) is 13.2 Å². The van der Waals surface area contributed by atoms with Crippen LogP contribution >= 0.6 is 0 Å². The smallest absolute Gasteiger partial charge is 0.374 e. The molecule has 23 heavy (non-hydrogen) atoms. The van der Waals surface area contributed by atoms with Crippen molar-refractivity contribution in [1.29, 1.82) is 0 Å². The number of hydrogen-bond acceptors (Lipinski definition) is 3. The van der Waals surface area contributed by atoms with Crippen LogP contribution in [0.5, 0.6) is 0 Å². The molecule has 0 aliphatic heterocycles. The summed E-state index contributed by atoms with van der Waals surface area (Å²) in [5.74, 6) is -0.654. The third-order valence-corrected chi connectivity index (χ3v) is 3.46. The van der Waals surface area contributed by atoms with Crippen LogP contribution in [0.3, 0.4) is 0 Å².